The van der Waals surface area contributed by atoms with Crippen LogP contribution in [0.3, 0.4) is 0 Å². The Hall–Kier alpha value is -1.42. The molecule has 2 rings (SSSR count). The molecule has 1 heterocycles. The zero-order valence-electron chi connectivity index (χ0n) is 10.4. The predicted octanol–water partition coefficient (Wildman–Crippen LogP) is 2.22. The maximum absolute atomic E-state index is 13.4. The molecule has 1 N–H and O–H groups in total. The molecule has 0 spiro atoms. The van der Waals surface area contributed by atoms with Gasteiger partial charge >= 0.3 is 0 Å². The molecule has 1 aliphatic heterocycles. The number of amides is 1. The summed E-state index contributed by atoms with van der Waals surface area (Å²) in [4.78, 5) is 13.6. The second-order valence-corrected chi connectivity index (χ2v) is 4.76. The van der Waals surface area contributed by atoms with Gasteiger partial charge in [0.1, 0.15) is 12.4 Å². The minimum absolute atomic E-state index is 0.228. The second-order valence-electron chi connectivity index (χ2n) is 4.76. The van der Waals surface area contributed by atoms with Gasteiger partial charge in [0, 0.05) is 18.0 Å². The average molecular weight is 251 g/mol. The Morgan fingerprint density at radius 2 is 2.11 bits per heavy atom. The van der Waals surface area contributed by atoms with Crippen molar-refractivity contribution in [1.29, 1.82) is 0 Å². The molecule has 1 saturated heterocycles. The summed E-state index contributed by atoms with van der Waals surface area (Å²) < 4.78 is 13.4. The highest BCUT2D eigenvalue weighted by molar-refractivity contribution is 5.94. The Labute approximate surface area is 106 Å². The summed E-state index contributed by atoms with van der Waals surface area (Å²) in [5.74, 6) is -0.708. The van der Waals surface area contributed by atoms with Crippen LogP contribution in [0.1, 0.15) is 30.1 Å². The van der Waals surface area contributed by atoms with Crippen LogP contribution in [-0.2, 0) is 0 Å². The molecule has 3 unspecified atom stereocenters. The first-order valence-electron chi connectivity index (χ1n) is 6.29. The molecule has 1 aliphatic rings. The average Bonchev–Trinajstić information content (AvgIpc) is 2.39. The molecule has 3 nitrogen and oxygen atoms in total. The van der Waals surface area contributed by atoms with Gasteiger partial charge in [0.2, 0.25) is 0 Å². The van der Waals surface area contributed by atoms with Gasteiger partial charge in [0.15, 0.2) is 0 Å². The van der Waals surface area contributed by atoms with Gasteiger partial charge in [-0.1, -0.05) is 18.2 Å². The van der Waals surface area contributed by atoms with E-state index >= 15 is 0 Å². The molecule has 1 aromatic carbocycles. The van der Waals surface area contributed by atoms with E-state index in [4.69, 9.17) is 0 Å². The zero-order chi connectivity index (χ0) is 13.1. The molecule has 3 atom stereocenters. The highest BCUT2D eigenvalue weighted by Gasteiger charge is 2.36. The van der Waals surface area contributed by atoms with E-state index in [2.05, 4.69) is 0 Å². The summed E-state index contributed by atoms with van der Waals surface area (Å²) in [7, 11) is 0. The molecule has 0 aliphatic carbocycles. The molecule has 0 bridgehead atoms. The first kappa shape index (κ1) is 13.0. The van der Waals surface area contributed by atoms with Gasteiger partial charge in [-0.15, -0.1) is 0 Å². The Kier molecular flexibility index (Phi) is 3.97. The van der Waals surface area contributed by atoms with Crippen LogP contribution < -0.4 is 0 Å². The van der Waals surface area contributed by atoms with E-state index < -0.39 is 18.3 Å². The monoisotopic (exact) mass is 251 g/mol. The molecule has 4 heteroatoms. The molecule has 1 amide bonds. The summed E-state index contributed by atoms with van der Waals surface area (Å²) in [5.41, 5.74) is 0.531. The fourth-order valence-electron chi connectivity index (χ4n) is 2.44. The van der Waals surface area contributed by atoms with Crippen molar-refractivity contribution in [3.8, 4) is 0 Å². The van der Waals surface area contributed by atoms with Crippen LogP contribution in [0.25, 0.3) is 0 Å². The number of hydrogen-bond donors (Lipinski definition) is 1. The SMILES string of the molecule is CC(F)C1CCCN(C(=O)c2ccccc2)C1O. The van der Waals surface area contributed by atoms with Crippen molar-refractivity contribution in [1.82, 2.24) is 4.90 Å². The van der Waals surface area contributed by atoms with Crippen LogP contribution in [0.5, 0.6) is 0 Å². The van der Waals surface area contributed by atoms with Crippen LogP contribution in [0, 0.1) is 5.92 Å². The number of piperidine rings is 1. The maximum atomic E-state index is 13.4. The molecule has 18 heavy (non-hydrogen) atoms. The number of aliphatic hydroxyl groups excluding tert-OH is 1. The molecular formula is C14H18FNO2. The lowest BCUT2D eigenvalue weighted by molar-refractivity contribution is -0.0682. The van der Waals surface area contributed by atoms with E-state index in [1.54, 1.807) is 24.3 Å². The summed E-state index contributed by atoms with van der Waals surface area (Å²) in [6.45, 7) is 1.92. The number of rotatable bonds is 2. The Morgan fingerprint density at radius 3 is 2.72 bits per heavy atom. The molecule has 0 aromatic heterocycles. The molecular weight excluding hydrogens is 233 g/mol. The van der Waals surface area contributed by atoms with Crippen molar-refractivity contribution < 1.29 is 14.3 Å². The third-order valence-electron chi connectivity index (χ3n) is 3.51. The van der Waals surface area contributed by atoms with Gasteiger partial charge in [-0.25, -0.2) is 4.39 Å². The van der Waals surface area contributed by atoms with Crippen LogP contribution in [-0.4, -0.2) is 34.9 Å². The fraction of sp³-hybridized carbons (Fsp3) is 0.500. The topological polar surface area (TPSA) is 40.5 Å². The van der Waals surface area contributed by atoms with Gasteiger partial charge in [-0.05, 0) is 31.9 Å². The van der Waals surface area contributed by atoms with Gasteiger partial charge in [-0.2, -0.15) is 0 Å². The Balaban J connectivity index is 2.15. The van der Waals surface area contributed by atoms with Crippen molar-refractivity contribution in [3.63, 3.8) is 0 Å². The normalized spacial score (nSPS) is 25.8. The van der Waals surface area contributed by atoms with Crippen molar-refractivity contribution in [2.45, 2.75) is 32.2 Å². The first-order valence-corrected chi connectivity index (χ1v) is 6.29. The number of nitrogens with zero attached hydrogens (tertiary/aromatic N) is 1. The lowest BCUT2D eigenvalue weighted by atomic mass is 9.91. The Morgan fingerprint density at radius 1 is 1.44 bits per heavy atom. The van der Waals surface area contributed by atoms with Crippen molar-refractivity contribution in [3.05, 3.63) is 35.9 Å². The fourth-order valence-corrected chi connectivity index (χ4v) is 2.44. The highest BCUT2D eigenvalue weighted by Crippen LogP contribution is 2.27. The summed E-state index contributed by atoms with van der Waals surface area (Å²) in [6.07, 6.45) is -0.774. The summed E-state index contributed by atoms with van der Waals surface area (Å²) in [5, 5.41) is 10.1. The highest BCUT2D eigenvalue weighted by atomic mass is 19.1. The third-order valence-corrected chi connectivity index (χ3v) is 3.51. The maximum Gasteiger partial charge on any atom is 0.255 e. The molecule has 0 saturated carbocycles. The number of carbonyl (C=O) groups is 1. The largest absolute Gasteiger partial charge is 0.373 e. The predicted molar refractivity (Wildman–Crippen MR) is 66.8 cm³/mol. The van der Waals surface area contributed by atoms with Gasteiger partial charge in [0.25, 0.3) is 5.91 Å². The van der Waals surface area contributed by atoms with E-state index in [0.29, 0.717) is 18.5 Å². The minimum atomic E-state index is -1.11. The number of likely N-dealkylation sites (tertiary alicyclic amines) is 1. The van der Waals surface area contributed by atoms with Crippen LogP contribution in [0.4, 0.5) is 4.39 Å². The quantitative estimate of drug-likeness (QED) is 0.875. The number of hydrogen-bond acceptors (Lipinski definition) is 2. The standard InChI is InChI=1S/C14H18FNO2/c1-10(15)12-8-5-9-16(14(12)18)13(17)11-6-3-2-4-7-11/h2-4,6-7,10,12,14,18H,5,8-9H2,1H3. The van der Waals surface area contributed by atoms with E-state index in [9.17, 15) is 14.3 Å². The lowest BCUT2D eigenvalue weighted by Gasteiger charge is -2.38. The smallest absolute Gasteiger partial charge is 0.255 e. The number of aliphatic hydroxyl groups is 1. The van der Waals surface area contributed by atoms with Crippen LogP contribution in [0.15, 0.2) is 30.3 Å². The number of carbonyl (C=O) groups excluding carboxylic acids is 1. The first-order chi connectivity index (χ1) is 8.61. The summed E-state index contributed by atoms with van der Waals surface area (Å²) >= 11 is 0. The summed E-state index contributed by atoms with van der Waals surface area (Å²) in [6, 6.07) is 8.79. The van der Waals surface area contributed by atoms with Gasteiger partial charge in [-0.3, -0.25) is 4.79 Å². The van der Waals surface area contributed by atoms with Gasteiger partial charge in [0.05, 0.1) is 0 Å². The van der Waals surface area contributed by atoms with Crippen LogP contribution in [0.2, 0.25) is 0 Å². The lowest BCUT2D eigenvalue weighted by Crippen LogP contribution is -2.50. The van der Waals surface area contributed by atoms with Crippen molar-refractivity contribution >= 4 is 5.91 Å². The number of benzene rings is 1. The Bertz CT molecular complexity index is 408. The number of alkyl halides is 1. The molecule has 0 radical (unpaired) electrons. The van der Waals surface area contributed by atoms with Crippen molar-refractivity contribution in [2.24, 2.45) is 5.92 Å². The number of halogens is 1. The zero-order valence-corrected chi connectivity index (χ0v) is 10.4. The van der Waals surface area contributed by atoms with Crippen molar-refractivity contribution in [2.75, 3.05) is 6.54 Å². The third kappa shape index (κ3) is 2.53. The van der Waals surface area contributed by atoms with Gasteiger partial charge < -0.3 is 10.0 Å². The van der Waals surface area contributed by atoms with E-state index in [0.717, 1.165) is 6.42 Å². The molecule has 1 fully saturated rings. The van der Waals surface area contributed by atoms with E-state index in [1.165, 1.54) is 11.8 Å². The molecule has 98 valence electrons. The second kappa shape index (κ2) is 5.48. The van der Waals surface area contributed by atoms with E-state index in [-0.39, 0.29) is 5.91 Å². The van der Waals surface area contributed by atoms with E-state index in [1.807, 2.05) is 6.07 Å². The van der Waals surface area contributed by atoms with Crippen LogP contribution >= 0.6 is 0 Å². The minimum Gasteiger partial charge on any atom is -0.373 e. The molecule has 1 aromatic rings.